The molecule has 2 amide bonds. The summed E-state index contributed by atoms with van der Waals surface area (Å²) in [5.74, 6) is 0. The molecule has 2 N–H and O–H groups in total. The Morgan fingerprint density at radius 1 is 1.40 bits per heavy atom. The van der Waals surface area contributed by atoms with Crippen molar-refractivity contribution in [3.8, 4) is 0 Å². The number of amides is 2. The van der Waals surface area contributed by atoms with E-state index in [4.69, 9.17) is 0 Å². The lowest BCUT2D eigenvalue weighted by Gasteiger charge is -2.30. The number of nitrogens with one attached hydrogen (secondary N) is 2. The smallest absolute Gasteiger partial charge is 0.317 e. The van der Waals surface area contributed by atoms with Crippen molar-refractivity contribution in [2.45, 2.75) is 44.7 Å². The summed E-state index contributed by atoms with van der Waals surface area (Å²) in [4.78, 5) is 13.8. The predicted molar refractivity (Wildman–Crippen MR) is 59.8 cm³/mol. The average Bonchev–Trinajstić information content (AvgIpc) is 2.70. The molecule has 0 aromatic rings. The van der Waals surface area contributed by atoms with Gasteiger partial charge in [0.15, 0.2) is 0 Å². The molecule has 0 radical (unpaired) electrons. The number of hydrogen-bond donors (Lipinski definition) is 2. The summed E-state index contributed by atoms with van der Waals surface area (Å²) in [6.07, 6.45) is 4.44. The van der Waals surface area contributed by atoms with Gasteiger partial charge in [0.25, 0.3) is 0 Å². The molecule has 4 heteroatoms. The number of carbonyl (C=O) groups excluding carboxylic acids is 1. The second-order valence-electron chi connectivity index (χ2n) is 4.72. The Bertz CT molecular complexity index is 226. The molecule has 2 heterocycles. The highest BCUT2D eigenvalue weighted by molar-refractivity contribution is 5.74. The van der Waals surface area contributed by atoms with Crippen molar-refractivity contribution in [3.63, 3.8) is 0 Å². The van der Waals surface area contributed by atoms with E-state index in [0.29, 0.717) is 12.1 Å². The van der Waals surface area contributed by atoms with Crippen LogP contribution < -0.4 is 10.6 Å². The Kier molecular flexibility index (Phi) is 3.46. The standard InChI is InChI=1S/C11H21N3O/c1-9-8-10(4-5-12-9)13-11(15)14-6-2-3-7-14/h9-10,12H,2-8H2,1H3,(H,13,15). The number of rotatable bonds is 1. The molecule has 4 nitrogen and oxygen atoms in total. The molecule has 0 spiro atoms. The van der Waals surface area contributed by atoms with Crippen LogP contribution >= 0.6 is 0 Å². The first-order valence-corrected chi connectivity index (χ1v) is 6.04. The number of carbonyl (C=O) groups is 1. The molecular weight excluding hydrogens is 190 g/mol. The molecule has 0 bridgehead atoms. The third-order valence-electron chi connectivity index (χ3n) is 3.34. The molecule has 2 unspecified atom stereocenters. The lowest BCUT2D eigenvalue weighted by Crippen LogP contribution is -2.50. The van der Waals surface area contributed by atoms with Crippen molar-refractivity contribution in [2.75, 3.05) is 19.6 Å². The summed E-state index contributed by atoms with van der Waals surface area (Å²) < 4.78 is 0. The van der Waals surface area contributed by atoms with Crippen LogP contribution in [0.2, 0.25) is 0 Å². The molecule has 0 aliphatic carbocycles. The van der Waals surface area contributed by atoms with Gasteiger partial charge in [-0.15, -0.1) is 0 Å². The quantitative estimate of drug-likeness (QED) is 0.678. The molecule has 2 saturated heterocycles. The van der Waals surface area contributed by atoms with E-state index in [9.17, 15) is 4.79 Å². The third-order valence-corrected chi connectivity index (χ3v) is 3.34. The minimum Gasteiger partial charge on any atom is -0.335 e. The van der Waals surface area contributed by atoms with E-state index in [1.54, 1.807) is 0 Å². The fraction of sp³-hybridized carbons (Fsp3) is 0.909. The van der Waals surface area contributed by atoms with Crippen molar-refractivity contribution in [1.29, 1.82) is 0 Å². The van der Waals surface area contributed by atoms with Gasteiger partial charge in [0.2, 0.25) is 0 Å². The van der Waals surface area contributed by atoms with E-state index in [1.165, 1.54) is 0 Å². The van der Waals surface area contributed by atoms with Crippen LogP contribution in [0.3, 0.4) is 0 Å². The maximum absolute atomic E-state index is 11.8. The Morgan fingerprint density at radius 2 is 2.13 bits per heavy atom. The summed E-state index contributed by atoms with van der Waals surface area (Å²) in [6, 6.07) is 1.04. The van der Waals surface area contributed by atoms with Gasteiger partial charge in [-0.1, -0.05) is 0 Å². The second-order valence-corrected chi connectivity index (χ2v) is 4.72. The monoisotopic (exact) mass is 211 g/mol. The maximum Gasteiger partial charge on any atom is 0.317 e. The minimum atomic E-state index is 0.145. The van der Waals surface area contributed by atoms with Crippen LogP contribution in [-0.4, -0.2) is 42.6 Å². The SMILES string of the molecule is CC1CC(NC(=O)N2CCCC2)CCN1. The van der Waals surface area contributed by atoms with Gasteiger partial charge >= 0.3 is 6.03 Å². The van der Waals surface area contributed by atoms with E-state index >= 15 is 0 Å². The van der Waals surface area contributed by atoms with Crippen LogP contribution in [0.25, 0.3) is 0 Å². The average molecular weight is 211 g/mol. The van der Waals surface area contributed by atoms with E-state index < -0.39 is 0 Å². The summed E-state index contributed by atoms with van der Waals surface area (Å²) in [7, 11) is 0. The molecule has 0 saturated carbocycles. The highest BCUT2D eigenvalue weighted by atomic mass is 16.2. The van der Waals surface area contributed by atoms with Crippen LogP contribution in [0, 0.1) is 0 Å². The van der Waals surface area contributed by atoms with Crippen molar-refractivity contribution >= 4 is 6.03 Å². The van der Waals surface area contributed by atoms with Crippen LogP contribution in [-0.2, 0) is 0 Å². The Hall–Kier alpha value is -0.770. The number of nitrogens with zero attached hydrogens (tertiary/aromatic N) is 1. The van der Waals surface area contributed by atoms with E-state index in [-0.39, 0.29) is 6.03 Å². The van der Waals surface area contributed by atoms with Gasteiger partial charge in [0.05, 0.1) is 0 Å². The van der Waals surface area contributed by atoms with E-state index in [0.717, 1.165) is 45.3 Å². The van der Waals surface area contributed by atoms with Gasteiger partial charge < -0.3 is 15.5 Å². The summed E-state index contributed by atoms with van der Waals surface area (Å²) in [5, 5.41) is 6.53. The Morgan fingerprint density at radius 3 is 2.80 bits per heavy atom. The van der Waals surface area contributed by atoms with Gasteiger partial charge in [-0.25, -0.2) is 4.79 Å². The van der Waals surface area contributed by atoms with Gasteiger partial charge in [-0.05, 0) is 39.2 Å². The molecule has 15 heavy (non-hydrogen) atoms. The summed E-state index contributed by atoms with van der Waals surface area (Å²) in [5.41, 5.74) is 0. The lowest BCUT2D eigenvalue weighted by atomic mass is 10.0. The molecule has 86 valence electrons. The lowest BCUT2D eigenvalue weighted by molar-refractivity contribution is 0.199. The zero-order valence-corrected chi connectivity index (χ0v) is 9.46. The Labute approximate surface area is 91.4 Å². The highest BCUT2D eigenvalue weighted by Gasteiger charge is 2.23. The summed E-state index contributed by atoms with van der Waals surface area (Å²) >= 11 is 0. The minimum absolute atomic E-state index is 0.145. The highest BCUT2D eigenvalue weighted by Crippen LogP contribution is 2.11. The van der Waals surface area contributed by atoms with Crippen molar-refractivity contribution < 1.29 is 4.79 Å². The largest absolute Gasteiger partial charge is 0.335 e. The van der Waals surface area contributed by atoms with Gasteiger partial charge in [0.1, 0.15) is 0 Å². The third kappa shape index (κ3) is 2.84. The zero-order valence-electron chi connectivity index (χ0n) is 9.46. The van der Waals surface area contributed by atoms with Crippen LogP contribution in [0.15, 0.2) is 0 Å². The molecule has 2 rings (SSSR count). The predicted octanol–water partition coefficient (Wildman–Crippen LogP) is 0.932. The van der Waals surface area contributed by atoms with Crippen LogP contribution in [0.4, 0.5) is 4.79 Å². The zero-order chi connectivity index (χ0) is 10.7. The molecule has 2 aliphatic heterocycles. The molecule has 2 aliphatic rings. The number of urea groups is 1. The molecule has 0 aromatic carbocycles. The van der Waals surface area contributed by atoms with Gasteiger partial charge in [-0.2, -0.15) is 0 Å². The molecule has 0 aromatic heterocycles. The van der Waals surface area contributed by atoms with Crippen molar-refractivity contribution in [1.82, 2.24) is 15.5 Å². The fourth-order valence-electron chi connectivity index (χ4n) is 2.45. The molecular formula is C11H21N3O. The first kappa shape index (κ1) is 10.7. The first-order valence-electron chi connectivity index (χ1n) is 6.04. The van der Waals surface area contributed by atoms with E-state index in [2.05, 4.69) is 17.6 Å². The van der Waals surface area contributed by atoms with Crippen molar-refractivity contribution in [2.24, 2.45) is 0 Å². The van der Waals surface area contributed by atoms with E-state index in [1.807, 2.05) is 4.90 Å². The number of piperidine rings is 1. The van der Waals surface area contributed by atoms with Crippen molar-refractivity contribution in [3.05, 3.63) is 0 Å². The maximum atomic E-state index is 11.8. The fourth-order valence-corrected chi connectivity index (χ4v) is 2.45. The summed E-state index contributed by atoms with van der Waals surface area (Å²) in [6.45, 7) is 5.07. The van der Waals surface area contributed by atoms with Gasteiger partial charge in [0, 0.05) is 25.2 Å². The molecule has 2 atom stereocenters. The number of hydrogen-bond acceptors (Lipinski definition) is 2. The normalized spacial score (nSPS) is 31.7. The van der Waals surface area contributed by atoms with Crippen LogP contribution in [0.5, 0.6) is 0 Å². The van der Waals surface area contributed by atoms with Crippen LogP contribution in [0.1, 0.15) is 32.6 Å². The van der Waals surface area contributed by atoms with Gasteiger partial charge in [-0.3, -0.25) is 0 Å². The first-order chi connectivity index (χ1) is 7.25. The Balaban J connectivity index is 1.77. The number of likely N-dealkylation sites (tertiary alicyclic amines) is 1. The second kappa shape index (κ2) is 4.84. The molecule has 2 fully saturated rings. The topological polar surface area (TPSA) is 44.4 Å².